The summed E-state index contributed by atoms with van der Waals surface area (Å²) >= 11 is 0. The summed E-state index contributed by atoms with van der Waals surface area (Å²) < 4.78 is 10.6. The van der Waals surface area contributed by atoms with E-state index in [1.165, 1.54) is 12.8 Å². The van der Waals surface area contributed by atoms with Gasteiger partial charge in [0, 0.05) is 38.7 Å². The molecule has 1 saturated heterocycles. The van der Waals surface area contributed by atoms with Crippen molar-refractivity contribution in [2.45, 2.75) is 51.6 Å². The average Bonchev–Trinajstić information content (AvgIpc) is 3.45. The van der Waals surface area contributed by atoms with Crippen LogP contribution in [0.5, 0.6) is 5.75 Å². The molecular formula is C23H36N4O3. The molecule has 0 bridgehead atoms. The number of hydrogen-bond donors (Lipinski definition) is 2. The van der Waals surface area contributed by atoms with Crippen molar-refractivity contribution in [3.8, 4) is 5.75 Å². The largest absolute Gasteiger partial charge is 0.491 e. The molecule has 0 aromatic heterocycles. The summed E-state index contributed by atoms with van der Waals surface area (Å²) in [5.74, 6) is 2.25. The highest BCUT2D eigenvalue weighted by Crippen LogP contribution is 2.27. The number of benzene rings is 1. The zero-order valence-corrected chi connectivity index (χ0v) is 18.4. The van der Waals surface area contributed by atoms with Gasteiger partial charge in [-0.25, -0.2) is 4.99 Å². The van der Waals surface area contributed by atoms with E-state index in [0.29, 0.717) is 25.7 Å². The van der Waals surface area contributed by atoms with Crippen LogP contribution in [-0.2, 0) is 16.1 Å². The number of hydrogen-bond acceptors (Lipinski definition) is 4. The van der Waals surface area contributed by atoms with Crippen molar-refractivity contribution in [1.29, 1.82) is 0 Å². The van der Waals surface area contributed by atoms with Crippen LogP contribution >= 0.6 is 0 Å². The molecule has 1 aliphatic heterocycles. The summed E-state index contributed by atoms with van der Waals surface area (Å²) in [6.07, 6.45) is 5.49. The van der Waals surface area contributed by atoms with E-state index < -0.39 is 0 Å². The Labute approximate surface area is 180 Å². The summed E-state index contributed by atoms with van der Waals surface area (Å²) in [5, 5.41) is 6.84. The van der Waals surface area contributed by atoms with Gasteiger partial charge < -0.3 is 25.0 Å². The minimum atomic E-state index is 0.254. The Hall–Kier alpha value is -2.28. The van der Waals surface area contributed by atoms with Crippen LogP contribution in [-0.4, -0.2) is 62.8 Å². The van der Waals surface area contributed by atoms with Gasteiger partial charge in [0.15, 0.2) is 5.96 Å². The third-order valence-corrected chi connectivity index (χ3v) is 5.79. The van der Waals surface area contributed by atoms with Gasteiger partial charge >= 0.3 is 0 Å². The van der Waals surface area contributed by atoms with Crippen LogP contribution in [0.25, 0.3) is 0 Å². The second kappa shape index (κ2) is 11.8. The molecule has 2 fully saturated rings. The van der Waals surface area contributed by atoms with Crippen LogP contribution in [0, 0.1) is 5.92 Å². The molecule has 2 aliphatic rings. The topological polar surface area (TPSA) is 75.2 Å². The molecule has 3 rings (SSSR count). The van der Waals surface area contributed by atoms with Gasteiger partial charge in [-0.3, -0.25) is 4.79 Å². The summed E-state index contributed by atoms with van der Waals surface area (Å²) in [4.78, 5) is 19.4. The Morgan fingerprint density at radius 2 is 1.93 bits per heavy atom. The second-order valence-electron chi connectivity index (χ2n) is 8.08. The number of carbonyl (C=O) groups excluding carboxylic acids is 1. The maximum Gasteiger partial charge on any atom is 0.225 e. The zero-order valence-electron chi connectivity index (χ0n) is 18.4. The number of likely N-dealkylation sites (tertiary alicyclic amines) is 1. The lowest BCUT2D eigenvalue weighted by Gasteiger charge is -2.21. The fourth-order valence-electron chi connectivity index (χ4n) is 4.13. The van der Waals surface area contributed by atoms with E-state index in [4.69, 9.17) is 14.5 Å². The predicted octanol–water partition coefficient (Wildman–Crippen LogP) is 2.56. The van der Waals surface area contributed by atoms with Gasteiger partial charge in [0.1, 0.15) is 12.4 Å². The van der Waals surface area contributed by atoms with Crippen molar-refractivity contribution in [3.63, 3.8) is 0 Å². The van der Waals surface area contributed by atoms with Gasteiger partial charge in [-0.15, -0.1) is 0 Å². The molecule has 1 amide bonds. The normalized spacial score (nSPS) is 19.9. The van der Waals surface area contributed by atoms with E-state index in [1.54, 1.807) is 7.11 Å². The Bertz CT molecular complexity index is 686. The van der Waals surface area contributed by atoms with Crippen LogP contribution in [0.1, 0.15) is 44.6 Å². The molecular weight excluding hydrogens is 380 g/mol. The molecule has 1 atom stereocenters. The molecule has 1 heterocycles. The molecule has 1 unspecified atom stereocenters. The number of methoxy groups -OCH3 is 1. The molecule has 1 saturated carbocycles. The molecule has 7 nitrogen and oxygen atoms in total. The standard InChI is InChI=1S/C23H36N4O3/c1-3-24-23(25-16-18-8-10-21(11-9-18)30-15-14-29-2)26-20-12-13-27(17-20)22(28)19-6-4-5-7-19/h8-11,19-20H,3-7,12-17H2,1-2H3,(H2,24,25,26). The molecule has 1 aromatic rings. The highest BCUT2D eigenvalue weighted by atomic mass is 16.5. The molecule has 166 valence electrons. The minimum absolute atomic E-state index is 0.254. The first-order valence-corrected chi connectivity index (χ1v) is 11.2. The number of amides is 1. The molecule has 7 heteroatoms. The fraction of sp³-hybridized carbons (Fsp3) is 0.652. The molecule has 0 radical (unpaired) electrons. The van der Waals surface area contributed by atoms with Gasteiger partial charge in [-0.2, -0.15) is 0 Å². The van der Waals surface area contributed by atoms with Crippen molar-refractivity contribution in [2.24, 2.45) is 10.9 Å². The monoisotopic (exact) mass is 416 g/mol. The second-order valence-corrected chi connectivity index (χ2v) is 8.08. The third-order valence-electron chi connectivity index (χ3n) is 5.79. The number of aliphatic imine (C=N–C) groups is 1. The minimum Gasteiger partial charge on any atom is -0.491 e. The van der Waals surface area contributed by atoms with E-state index >= 15 is 0 Å². The third kappa shape index (κ3) is 6.62. The summed E-state index contributed by atoms with van der Waals surface area (Å²) in [6, 6.07) is 8.25. The van der Waals surface area contributed by atoms with E-state index in [2.05, 4.69) is 17.6 Å². The van der Waals surface area contributed by atoms with Gasteiger partial charge in [-0.1, -0.05) is 25.0 Å². The van der Waals surface area contributed by atoms with Gasteiger partial charge in [0.2, 0.25) is 5.91 Å². The number of rotatable bonds is 9. The quantitative estimate of drug-likeness (QED) is 0.368. The highest BCUT2D eigenvalue weighted by molar-refractivity contribution is 5.81. The predicted molar refractivity (Wildman–Crippen MR) is 119 cm³/mol. The first kappa shape index (κ1) is 22.4. The highest BCUT2D eigenvalue weighted by Gasteiger charge is 2.32. The summed E-state index contributed by atoms with van der Waals surface area (Å²) in [6.45, 7) is 6.19. The smallest absolute Gasteiger partial charge is 0.225 e. The maximum absolute atomic E-state index is 12.7. The number of ether oxygens (including phenoxy) is 2. The number of carbonyl (C=O) groups is 1. The molecule has 0 spiro atoms. The summed E-state index contributed by atoms with van der Waals surface area (Å²) in [7, 11) is 1.66. The van der Waals surface area contributed by atoms with E-state index in [0.717, 1.165) is 56.2 Å². The Morgan fingerprint density at radius 1 is 1.17 bits per heavy atom. The molecule has 2 N–H and O–H groups in total. The van der Waals surface area contributed by atoms with Crippen molar-refractivity contribution < 1.29 is 14.3 Å². The first-order valence-electron chi connectivity index (χ1n) is 11.2. The lowest BCUT2D eigenvalue weighted by molar-refractivity contribution is -0.134. The van der Waals surface area contributed by atoms with Crippen molar-refractivity contribution in [3.05, 3.63) is 29.8 Å². The number of nitrogens with zero attached hydrogens (tertiary/aromatic N) is 2. The van der Waals surface area contributed by atoms with E-state index in [1.807, 2.05) is 29.2 Å². The van der Waals surface area contributed by atoms with E-state index in [9.17, 15) is 4.79 Å². The van der Waals surface area contributed by atoms with E-state index in [-0.39, 0.29) is 12.0 Å². The first-order chi connectivity index (χ1) is 14.7. The summed E-state index contributed by atoms with van der Waals surface area (Å²) in [5.41, 5.74) is 1.12. The fourth-order valence-corrected chi connectivity index (χ4v) is 4.13. The number of guanidine groups is 1. The van der Waals surface area contributed by atoms with Gasteiger partial charge in [0.25, 0.3) is 0 Å². The lowest BCUT2D eigenvalue weighted by Crippen LogP contribution is -2.45. The van der Waals surface area contributed by atoms with Crippen LogP contribution in [0.15, 0.2) is 29.3 Å². The Morgan fingerprint density at radius 3 is 2.63 bits per heavy atom. The van der Waals surface area contributed by atoms with Crippen molar-refractivity contribution in [2.75, 3.05) is 40.0 Å². The SMILES string of the molecule is CCNC(=NCc1ccc(OCCOC)cc1)NC1CCN(C(=O)C2CCCC2)C1. The van der Waals surface area contributed by atoms with Gasteiger partial charge in [-0.05, 0) is 43.9 Å². The molecule has 1 aliphatic carbocycles. The molecule has 1 aromatic carbocycles. The molecule has 30 heavy (non-hydrogen) atoms. The zero-order chi connectivity index (χ0) is 21.2. The lowest BCUT2D eigenvalue weighted by atomic mass is 10.1. The van der Waals surface area contributed by atoms with Crippen molar-refractivity contribution in [1.82, 2.24) is 15.5 Å². The maximum atomic E-state index is 12.7. The van der Waals surface area contributed by atoms with Crippen LogP contribution in [0.3, 0.4) is 0 Å². The van der Waals surface area contributed by atoms with Crippen LogP contribution in [0.2, 0.25) is 0 Å². The van der Waals surface area contributed by atoms with Crippen LogP contribution in [0.4, 0.5) is 0 Å². The number of nitrogens with one attached hydrogen (secondary N) is 2. The van der Waals surface area contributed by atoms with Crippen LogP contribution < -0.4 is 15.4 Å². The van der Waals surface area contributed by atoms with Crippen molar-refractivity contribution >= 4 is 11.9 Å². The Kier molecular flexibility index (Phi) is 8.81. The Balaban J connectivity index is 1.49. The average molecular weight is 417 g/mol. The van der Waals surface area contributed by atoms with Gasteiger partial charge in [0.05, 0.1) is 13.2 Å².